The lowest BCUT2D eigenvalue weighted by atomic mass is 10.1. The summed E-state index contributed by atoms with van der Waals surface area (Å²) in [7, 11) is 2.56. The van der Waals surface area contributed by atoms with Crippen LogP contribution >= 0.6 is 0 Å². The Hall–Kier alpha value is -4.21. The number of ether oxygens (including phenoxy) is 2. The highest BCUT2D eigenvalue weighted by Crippen LogP contribution is 2.34. The van der Waals surface area contributed by atoms with Gasteiger partial charge in [0.05, 0.1) is 31.2 Å². The van der Waals surface area contributed by atoms with E-state index in [9.17, 15) is 4.79 Å². The molecule has 1 atom stereocenters. The highest BCUT2D eigenvalue weighted by molar-refractivity contribution is 5.95. The zero-order valence-corrected chi connectivity index (χ0v) is 24.1. The number of carbonyl (C=O) groups excluding carboxylic acids is 1. The summed E-state index contributed by atoms with van der Waals surface area (Å²) in [5.41, 5.74) is 7.81. The lowest BCUT2D eigenvalue weighted by Crippen LogP contribution is -2.45. The number of fused-ring (bicyclic) bond motifs is 1. The normalized spacial score (nSPS) is 17.7. The molecule has 0 saturated carbocycles. The summed E-state index contributed by atoms with van der Waals surface area (Å²) in [6, 6.07) is 0.972. The van der Waals surface area contributed by atoms with Crippen LogP contribution in [0.5, 0.6) is 11.5 Å². The SMILES string of the molecule is C=CC(=O)N1CCC(n2nc(C#Cc3c(F)c(OC)cc(OC)c3F)c3c(N)ncc(CN4CCN(CC)CC4)c32)C1. The number of hydrogen-bond donors (Lipinski definition) is 1. The third kappa shape index (κ3) is 5.49. The number of likely N-dealkylation sites (tertiary alicyclic amines) is 1. The van der Waals surface area contributed by atoms with Crippen LogP contribution in [-0.4, -0.2) is 95.4 Å². The monoisotopic (exact) mass is 579 g/mol. The summed E-state index contributed by atoms with van der Waals surface area (Å²) < 4.78 is 42.1. The lowest BCUT2D eigenvalue weighted by Gasteiger charge is -2.34. The van der Waals surface area contributed by atoms with Gasteiger partial charge in [-0.15, -0.1) is 0 Å². The zero-order valence-electron chi connectivity index (χ0n) is 24.1. The van der Waals surface area contributed by atoms with Crippen molar-refractivity contribution < 1.29 is 23.0 Å². The number of rotatable bonds is 7. The molecular formula is C30H35F2N7O3. The highest BCUT2D eigenvalue weighted by atomic mass is 19.1. The fourth-order valence-corrected chi connectivity index (χ4v) is 5.62. The van der Waals surface area contributed by atoms with Crippen molar-refractivity contribution in [2.75, 3.05) is 65.8 Å². The predicted molar refractivity (Wildman–Crippen MR) is 155 cm³/mol. The van der Waals surface area contributed by atoms with Crippen LogP contribution in [0.4, 0.5) is 14.6 Å². The second kappa shape index (κ2) is 12.3. The fourth-order valence-electron chi connectivity index (χ4n) is 5.62. The molecule has 0 aliphatic carbocycles. The number of halogens is 2. The number of hydrogen-bond acceptors (Lipinski definition) is 8. The van der Waals surface area contributed by atoms with Gasteiger partial charge in [-0.2, -0.15) is 5.10 Å². The van der Waals surface area contributed by atoms with Gasteiger partial charge in [-0.1, -0.05) is 19.4 Å². The third-order valence-corrected chi connectivity index (χ3v) is 8.01. The predicted octanol–water partition coefficient (Wildman–Crippen LogP) is 2.81. The standard InChI is InChI=1S/C30H35F2N7O3/c1-5-25(40)38-10-9-20(18-38)39-29-19(17-37-13-11-36(6-2)12-14-37)16-34-30(33)26(29)22(35-39)8-7-21-27(31)23(41-3)15-24(42-4)28(21)32/h5,15-16,20H,1,6,9-14,17-18H2,2-4H3,(H2,33,34). The molecule has 1 aromatic carbocycles. The molecule has 42 heavy (non-hydrogen) atoms. The Morgan fingerprint density at radius 3 is 2.40 bits per heavy atom. The molecule has 2 N–H and O–H groups in total. The van der Waals surface area contributed by atoms with E-state index in [1.54, 1.807) is 11.1 Å². The number of likely N-dealkylation sites (N-methyl/N-ethyl adjacent to an activating group) is 1. The van der Waals surface area contributed by atoms with E-state index in [0.717, 1.165) is 49.9 Å². The van der Waals surface area contributed by atoms with E-state index in [1.165, 1.54) is 20.3 Å². The van der Waals surface area contributed by atoms with Gasteiger partial charge in [-0.05, 0) is 25.0 Å². The smallest absolute Gasteiger partial charge is 0.246 e. The van der Waals surface area contributed by atoms with Crippen molar-refractivity contribution in [1.82, 2.24) is 29.5 Å². The number of carbonyl (C=O) groups is 1. The number of nitrogens with zero attached hydrogens (tertiary/aromatic N) is 6. The first-order valence-electron chi connectivity index (χ1n) is 13.9. The van der Waals surface area contributed by atoms with Gasteiger partial charge < -0.3 is 25.0 Å². The van der Waals surface area contributed by atoms with E-state index >= 15 is 8.78 Å². The first-order chi connectivity index (χ1) is 20.3. The van der Waals surface area contributed by atoms with Gasteiger partial charge in [0, 0.05) is 63.6 Å². The van der Waals surface area contributed by atoms with Crippen LogP contribution in [0, 0.1) is 23.5 Å². The first kappa shape index (κ1) is 29.3. The maximum absolute atomic E-state index is 15.1. The molecule has 3 aromatic rings. The number of aromatic nitrogens is 3. The summed E-state index contributed by atoms with van der Waals surface area (Å²) in [6.07, 6.45) is 3.72. The Bertz CT molecular complexity index is 1540. The fraction of sp³-hybridized carbons (Fsp3) is 0.433. The number of anilines is 1. The molecule has 2 aromatic heterocycles. The number of nitrogens with two attached hydrogens (primary N) is 1. The summed E-state index contributed by atoms with van der Waals surface area (Å²) in [5.74, 6) is 3.23. The molecule has 0 spiro atoms. The highest BCUT2D eigenvalue weighted by Gasteiger charge is 2.31. The van der Waals surface area contributed by atoms with Crippen LogP contribution in [0.15, 0.2) is 24.9 Å². The molecule has 1 amide bonds. The Balaban J connectivity index is 1.62. The molecule has 2 fully saturated rings. The van der Waals surface area contributed by atoms with E-state index in [1.807, 2.05) is 4.68 Å². The minimum Gasteiger partial charge on any atom is -0.493 e. The lowest BCUT2D eigenvalue weighted by molar-refractivity contribution is -0.125. The van der Waals surface area contributed by atoms with Gasteiger partial charge in [-0.3, -0.25) is 14.4 Å². The van der Waals surface area contributed by atoms with Crippen LogP contribution in [0.25, 0.3) is 10.9 Å². The molecule has 4 heterocycles. The topological polar surface area (TPSA) is 102 Å². The maximum Gasteiger partial charge on any atom is 0.246 e. The molecule has 222 valence electrons. The Morgan fingerprint density at radius 1 is 1.12 bits per heavy atom. The van der Waals surface area contributed by atoms with Gasteiger partial charge in [0.25, 0.3) is 0 Å². The van der Waals surface area contributed by atoms with Crippen LogP contribution in [0.1, 0.15) is 36.2 Å². The van der Waals surface area contributed by atoms with Crippen molar-refractivity contribution in [3.63, 3.8) is 0 Å². The molecule has 2 saturated heterocycles. The zero-order chi connectivity index (χ0) is 30.0. The Kier molecular flexibility index (Phi) is 8.61. The maximum atomic E-state index is 15.1. The number of pyridine rings is 1. The second-order valence-electron chi connectivity index (χ2n) is 10.4. The van der Waals surface area contributed by atoms with Crippen molar-refractivity contribution in [3.05, 3.63) is 53.4 Å². The first-order valence-corrected chi connectivity index (χ1v) is 13.9. The number of nitrogen functional groups attached to an aromatic ring is 1. The number of amides is 1. The minimum absolute atomic E-state index is 0.151. The van der Waals surface area contributed by atoms with Crippen LogP contribution < -0.4 is 15.2 Å². The molecule has 10 nitrogen and oxygen atoms in total. The second-order valence-corrected chi connectivity index (χ2v) is 10.4. The number of piperazine rings is 1. The van der Waals surface area contributed by atoms with Gasteiger partial charge in [0.1, 0.15) is 17.1 Å². The Morgan fingerprint density at radius 2 is 1.79 bits per heavy atom. The number of benzene rings is 1. The largest absolute Gasteiger partial charge is 0.493 e. The van der Waals surface area contributed by atoms with Crippen LogP contribution in [-0.2, 0) is 11.3 Å². The molecule has 2 aliphatic heterocycles. The van der Waals surface area contributed by atoms with Gasteiger partial charge >= 0.3 is 0 Å². The molecule has 2 aliphatic rings. The average Bonchev–Trinajstić information content (AvgIpc) is 3.65. The number of methoxy groups -OCH3 is 2. The average molecular weight is 580 g/mol. The third-order valence-electron chi connectivity index (χ3n) is 8.01. The summed E-state index contributed by atoms with van der Waals surface area (Å²) in [4.78, 5) is 23.3. The summed E-state index contributed by atoms with van der Waals surface area (Å²) >= 11 is 0. The van der Waals surface area contributed by atoms with Crippen molar-refractivity contribution in [2.45, 2.75) is 25.9 Å². The molecule has 0 radical (unpaired) electrons. The van der Waals surface area contributed by atoms with Crippen LogP contribution in [0.3, 0.4) is 0 Å². The van der Waals surface area contributed by atoms with Gasteiger partial charge in [-0.25, -0.2) is 13.8 Å². The van der Waals surface area contributed by atoms with Crippen molar-refractivity contribution in [2.24, 2.45) is 0 Å². The molecule has 1 unspecified atom stereocenters. The summed E-state index contributed by atoms with van der Waals surface area (Å²) in [6.45, 7) is 12.1. The Labute approximate surface area is 243 Å². The molecule has 0 bridgehead atoms. The quantitative estimate of drug-likeness (QED) is 0.337. The van der Waals surface area contributed by atoms with E-state index in [-0.39, 0.29) is 35.0 Å². The van der Waals surface area contributed by atoms with E-state index in [2.05, 4.69) is 40.1 Å². The molecule has 12 heteroatoms. The van der Waals surface area contributed by atoms with Gasteiger partial charge in [0.2, 0.25) is 5.91 Å². The van der Waals surface area contributed by atoms with Crippen molar-refractivity contribution in [1.29, 1.82) is 0 Å². The molecular weight excluding hydrogens is 544 g/mol. The van der Waals surface area contributed by atoms with E-state index in [4.69, 9.17) is 20.3 Å². The van der Waals surface area contributed by atoms with Gasteiger partial charge in [0.15, 0.2) is 23.1 Å². The van der Waals surface area contributed by atoms with Crippen molar-refractivity contribution >= 4 is 22.6 Å². The minimum atomic E-state index is -0.945. The van der Waals surface area contributed by atoms with Crippen molar-refractivity contribution in [3.8, 4) is 23.3 Å². The summed E-state index contributed by atoms with van der Waals surface area (Å²) in [5, 5.41) is 5.33. The van der Waals surface area contributed by atoms with E-state index < -0.39 is 17.2 Å². The molecule has 5 rings (SSSR count). The van der Waals surface area contributed by atoms with Crippen LogP contribution in [0.2, 0.25) is 0 Å². The van der Waals surface area contributed by atoms with E-state index in [0.29, 0.717) is 31.4 Å².